The number of Topliss-reactive ketones (excluding diaryl/α,β-unsaturated/α-hetero) is 1. The molecule has 0 aromatic heterocycles. The number of carbonyl (C=O) groups is 1. The van der Waals surface area contributed by atoms with Crippen LogP contribution in [0.2, 0.25) is 0 Å². The number of ether oxygens (including phenoxy) is 1. The lowest BCUT2D eigenvalue weighted by atomic mass is 9.77. The second-order valence-electron chi connectivity index (χ2n) is 6.19. The van der Waals surface area contributed by atoms with Crippen molar-refractivity contribution in [2.24, 2.45) is 11.8 Å². The Morgan fingerprint density at radius 1 is 1.25 bits per heavy atom. The number of fused-ring (bicyclic) bond motifs is 1. The monoisotopic (exact) mass is 266 g/mol. The first-order valence-electron chi connectivity index (χ1n) is 7.27. The van der Waals surface area contributed by atoms with Gasteiger partial charge in [-0.05, 0) is 37.8 Å². The minimum atomic E-state index is 0.0722. The summed E-state index contributed by atoms with van der Waals surface area (Å²) in [6.07, 6.45) is 5.55. The zero-order valence-corrected chi connectivity index (χ0v) is 11.8. The number of rotatable bonds is 2. The van der Waals surface area contributed by atoms with Crippen molar-refractivity contribution >= 4 is 5.78 Å². The summed E-state index contributed by atoms with van der Waals surface area (Å²) < 4.78 is 6.16. The van der Waals surface area contributed by atoms with Crippen LogP contribution < -0.4 is 0 Å². The molecule has 5 rings (SSSR count). The lowest BCUT2D eigenvalue weighted by Crippen LogP contribution is -2.31. The van der Waals surface area contributed by atoms with Crippen LogP contribution in [0.1, 0.15) is 25.8 Å². The highest BCUT2D eigenvalue weighted by molar-refractivity contribution is 5.95. The van der Waals surface area contributed by atoms with Gasteiger partial charge in [-0.2, -0.15) is 0 Å². The molecular formula is C18H18O2. The summed E-state index contributed by atoms with van der Waals surface area (Å²) in [6, 6.07) is 10.6. The summed E-state index contributed by atoms with van der Waals surface area (Å²) in [6.45, 7) is 3.59. The van der Waals surface area contributed by atoms with E-state index in [1.807, 2.05) is 13.0 Å². The standard InChI is InChI=1S/C18H18O2/c1-11(19)17-12(2)20-16-9-8-14(17)15-10-18(15,16)13-6-4-3-5-7-13/h3-9,14-16H,10H2,1-2H3/t14-,15+,16+,18-/m0/s1. The molecule has 0 saturated heterocycles. The first kappa shape index (κ1) is 12.0. The molecule has 1 aromatic carbocycles. The fraction of sp³-hybridized carbons (Fsp3) is 0.389. The Hall–Kier alpha value is -1.83. The van der Waals surface area contributed by atoms with Crippen molar-refractivity contribution in [2.45, 2.75) is 31.8 Å². The van der Waals surface area contributed by atoms with E-state index in [-0.39, 0.29) is 23.2 Å². The van der Waals surface area contributed by atoms with E-state index in [4.69, 9.17) is 4.74 Å². The lowest BCUT2D eigenvalue weighted by Gasteiger charge is -2.29. The van der Waals surface area contributed by atoms with Crippen LogP contribution >= 0.6 is 0 Å². The predicted octanol–water partition coefficient (Wildman–Crippen LogP) is 3.39. The van der Waals surface area contributed by atoms with Crippen molar-refractivity contribution in [2.75, 3.05) is 0 Å². The molecule has 0 radical (unpaired) electrons. The SMILES string of the molecule is CC(=O)C1=C(C)O[C@@H]2C=C[C@H]1[C@H]1C[C@]12c1ccccc1. The van der Waals surface area contributed by atoms with Crippen molar-refractivity contribution in [1.29, 1.82) is 0 Å². The van der Waals surface area contributed by atoms with Crippen LogP contribution in [-0.2, 0) is 14.9 Å². The van der Waals surface area contributed by atoms with Gasteiger partial charge in [0.15, 0.2) is 5.78 Å². The Morgan fingerprint density at radius 2 is 2.00 bits per heavy atom. The molecule has 0 unspecified atom stereocenters. The number of hydrogen-bond acceptors (Lipinski definition) is 2. The Kier molecular flexibility index (Phi) is 2.30. The summed E-state index contributed by atoms with van der Waals surface area (Å²) in [4.78, 5) is 12.0. The van der Waals surface area contributed by atoms with Crippen LogP contribution in [0.15, 0.2) is 53.8 Å². The van der Waals surface area contributed by atoms with E-state index in [9.17, 15) is 4.79 Å². The van der Waals surface area contributed by atoms with Gasteiger partial charge in [0.25, 0.3) is 0 Å². The van der Waals surface area contributed by atoms with Gasteiger partial charge < -0.3 is 4.74 Å². The van der Waals surface area contributed by atoms with Crippen LogP contribution in [0.4, 0.5) is 0 Å². The molecule has 102 valence electrons. The van der Waals surface area contributed by atoms with E-state index in [0.29, 0.717) is 5.92 Å². The maximum atomic E-state index is 12.0. The normalized spacial score (nSPS) is 37.2. The predicted molar refractivity (Wildman–Crippen MR) is 77.1 cm³/mol. The van der Waals surface area contributed by atoms with Crippen LogP contribution in [0.3, 0.4) is 0 Å². The third-order valence-corrected chi connectivity index (χ3v) is 5.20. The molecule has 1 aromatic rings. The van der Waals surface area contributed by atoms with Crippen LogP contribution in [-0.4, -0.2) is 11.9 Å². The topological polar surface area (TPSA) is 26.3 Å². The van der Waals surface area contributed by atoms with Crippen LogP contribution in [0.25, 0.3) is 0 Å². The van der Waals surface area contributed by atoms with Gasteiger partial charge in [-0.3, -0.25) is 4.79 Å². The molecule has 2 aliphatic carbocycles. The summed E-state index contributed by atoms with van der Waals surface area (Å²) in [5, 5.41) is 0. The molecule has 2 bridgehead atoms. The average molecular weight is 266 g/mol. The maximum Gasteiger partial charge on any atom is 0.159 e. The van der Waals surface area contributed by atoms with Gasteiger partial charge in [0.05, 0.1) is 0 Å². The molecule has 0 N–H and O–H groups in total. The number of hydrogen-bond donors (Lipinski definition) is 0. The smallest absolute Gasteiger partial charge is 0.159 e. The minimum Gasteiger partial charge on any atom is -0.490 e. The summed E-state index contributed by atoms with van der Waals surface area (Å²) in [5.41, 5.74) is 2.31. The highest BCUT2D eigenvalue weighted by atomic mass is 16.5. The highest BCUT2D eigenvalue weighted by Crippen LogP contribution is 2.66. The van der Waals surface area contributed by atoms with Crippen molar-refractivity contribution in [3.05, 3.63) is 59.4 Å². The number of benzene rings is 1. The van der Waals surface area contributed by atoms with Gasteiger partial charge in [0.1, 0.15) is 11.9 Å². The molecule has 1 fully saturated rings. The average Bonchev–Trinajstić information content (AvgIpc) is 3.20. The Balaban J connectivity index is 1.83. The van der Waals surface area contributed by atoms with E-state index in [0.717, 1.165) is 17.8 Å². The summed E-state index contributed by atoms with van der Waals surface area (Å²) in [5.74, 6) is 1.70. The molecule has 0 amide bonds. The van der Waals surface area contributed by atoms with Crippen LogP contribution in [0, 0.1) is 11.8 Å². The van der Waals surface area contributed by atoms with E-state index < -0.39 is 0 Å². The first-order valence-corrected chi connectivity index (χ1v) is 7.27. The van der Waals surface area contributed by atoms with E-state index in [2.05, 4.69) is 36.4 Å². The number of allylic oxidation sites excluding steroid dienone is 3. The zero-order chi connectivity index (χ0) is 13.9. The lowest BCUT2D eigenvalue weighted by molar-refractivity contribution is -0.114. The van der Waals surface area contributed by atoms with Gasteiger partial charge in [-0.25, -0.2) is 0 Å². The fourth-order valence-corrected chi connectivity index (χ4v) is 4.26. The molecule has 4 atom stereocenters. The van der Waals surface area contributed by atoms with Gasteiger partial charge in [-0.15, -0.1) is 0 Å². The van der Waals surface area contributed by atoms with Gasteiger partial charge >= 0.3 is 0 Å². The second kappa shape index (κ2) is 3.85. The van der Waals surface area contributed by atoms with Gasteiger partial charge in [0, 0.05) is 16.9 Å². The van der Waals surface area contributed by atoms with E-state index in [1.54, 1.807) is 6.92 Å². The summed E-state index contributed by atoms with van der Waals surface area (Å²) in [7, 11) is 0. The van der Waals surface area contributed by atoms with Crippen molar-refractivity contribution < 1.29 is 9.53 Å². The fourth-order valence-electron chi connectivity index (χ4n) is 4.26. The molecule has 20 heavy (non-hydrogen) atoms. The largest absolute Gasteiger partial charge is 0.490 e. The molecule has 2 aliphatic heterocycles. The van der Waals surface area contributed by atoms with Crippen molar-refractivity contribution in [1.82, 2.24) is 0 Å². The van der Waals surface area contributed by atoms with Gasteiger partial charge in [0.2, 0.25) is 0 Å². The van der Waals surface area contributed by atoms with Crippen LogP contribution in [0.5, 0.6) is 0 Å². The quantitative estimate of drug-likeness (QED) is 0.767. The Labute approximate surface area is 119 Å². The zero-order valence-electron chi connectivity index (χ0n) is 11.8. The molecule has 1 saturated carbocycles. The molecule has 2 nitrogen and oxygen atoms in total. The first-order chi connectivity index (χ1) is 9.64. The van der Waals surface area contributed by atoms with Crippen molar-refractivity contribution in [3.8, 4) is 0 Å². The number of ketones is 1. The summed E-state index contributed by atoms with van der Waals surface area (Å²) >= 11 is 0. The molecule has 4 aliphatic rings. The van der Waals surface area contributed by atoms with Gasteiger partial charge in [-0.1, -0.05) is 36.4 Å². The molecule has 0 spiro atoms. The number of carbonyl (C=O) groups excluding carboxylic acids is 1. The Bertz CT molecular complexity index is 641. The van der Waals surface area contributed by atoms with E-state index >= 15 is 0 Å². The van der Waals surface area contributed by atoms with Crippen molar-refractivity contribution in [3.63, 3.8) is 0 Å². The molecule has 2 heterocycles. The second-order valence-corrected chi connectivity index (χ2v) is 6.19. The highest BCUT2D eigenvalue weighted by Gasteiger charge is 2.66. The third-order valence-electron chi connectivity index (χ3n) is 5.20. The maximum absolute atomic E-state index is 12.0. The molecule has 2 heteroatoms. The Morgan fingerprint density at radius 3 is 2.70 bits per heavy atom. The third kappa shape index (κ3) is 1.37. The van der Waals surface area contributed by atoms with E-state index in [1.165, 1.54) is 5.56 Å². The molecular weight excluding hydrogens is 248 g/mol. The minimum absolute atomic E-state index is 0.0722.